The number of hydrogen-bond acceptors (Lipinski definition) is 6. The second-order valence-corrected chi connectivity index (χ2v) is 7.41. The van der Waals surface area contributed by atoms with Crippen molar-refractivity contribution < 1.29 is 23.1 Å². The van der Waals surface area contributed by atoms with Crippen LogP contribution in [0.1, 0.15) is 16.3 Å². The molecule has 2 aromatic carbocycles. The third-order valence-corrected chi connectivity index (χ3v) is 5.32. The van der Waals surface area contributed by atoms with Gasteiger partial charge in [-0.25, -0.2) is 9.67 Å². The molecule has 0 bridgehead atoms. The van der Waals surface area contributed by atoms with E-state index in [1.165, 1.54) is 6.07 Å². The molecule has 0 amide bonds. The summed E-state index contributed by atoms with van der Waals surface area (Å²) in [5, 5.41) is 16.3. The molecule has 6 nitrogen and oxygen atoms in total. The molecule has 0 saturated carbocycles. The maximum Gasteiger partial charge on any atom is 0.416 e. The fourth-order valence-corrected chi connectivity index (χ4v) is 3.96. The van der Waals surface area contributed by atoms with Crippen LogP contribution < -0.4 is 10.7 Å². The van der Waals surface area contributed by atoms with Gasteiger partial charge in [0.25, 0.3) is 5.56 Å². The van der Waals surface area contributed by atoms with E-state index < -0.39 is 29.7 Å². The second-order valence-electron chi connectivity index (χ2n) is 6.29. The fourth-order valence-electron chi connectivity index (χ4n) is 3.03. The van der Waals surface area contributed by atoms with Crippen LogP contribution in [0, 0.1) is 0 Å². The molecule has 2 heterocycles. The van der Waals surface area contributed by atoms with Gasteiger partial charge in [-0.3, -0.25) is 4.79 Å². The first-order valence-electron chi connectivity index (χ1n) is 8.37. The summed E-state index contributed by atoms with van der Waals surface area (Å²) in [6.45, 7) is -0.0928. The summed E-state index contributed by atoms with van der Waals surface area (Å²) in [6.07, 6.45) is -4.95. The Labute approximate surface area is 164 Å². The lowest BCUT2D eigenvalue weighted by Gasteiger charge is -2.10. The highest BCUT2D eigenvalue weighted by atomic mass is 32.1. The third-order valence-electron chi connectivity index (χ3n) is 4.30. The van der Waals surface area contributed by atoms with Crippen LogP contribution in [-0.4, -0.2) is 20.7 Å². The van der Waals surface area contributed by atoms with Crippen molar-refractivity contribution in [2.75, 3.05) is 0 Å². The second kappa shape index (κ2) is 6.96. The monoisotopic (exact) mass is 418 g/mol. The predicted molar refractivity (Wildman–Crippen MR) is 98.4 cm³/mol. The van der Waals surface area contributed by atoms with E-state index in [9.17, 15) is 27.9 Å². The SMILES string of the molecule is O=C([O-])Cc1nn(Cc2nc3cc(C(F)(F)F)ccc3s2)c(=O)c2ccccc12. The molecule has 29 heavy (non-hydrogen) atoms. The van der Waals surface area contributed by atoms with E-state index in [1.807, 2.05) is 0 Å². The molecular formula is C19H11F3N3O3S-. The lowest BCUT2D eigenvalue weighted by molar-refractivity contribution is -0.304. The van der Waals surface area contributed by atoms with E-state index in [0.717, 1.165) is 28.2 Å². The molecule has 4 rings (SSSR count). The quantitative estimate of drug-likeness (QED) is 0.508. The third kappa shape index (κ3) is 3.70. The normalized spacial score (nSPS) is 12.0. The Balaban J connectivity index is 1.78. The maximum absolute atomic E-state index is 12.9. The number of benzene rings is 2. The van der Waals surface area contributed by atoms with Gasteiger partial charge in [-0.05, 0) is 24.3 Å². The number of aromatic nitrogens is 3. The topological polar surface area (TPSA) is 87.9 Å². The van der Waals surface area contributed by atoms with Gasteiger partial charge in [0.1, 0.15) is 5.01 Å². The smallest absolute Gasteiger partial charge is 0.416 e. The Morgan fingerprint density at radius 3 is 2.55 bits per heavy atom. The van der Waals surface area contributed by atoms with Crippen LogP contribution >= 0.6 is 11.3 Å². The molecule has 0 radical (unpaired) electrons. The van der Waals surface area contributed by atoms with Crippen LogP contribution in [0.25, 0.3) is 21.0 Å². The zero-order valence-electron chi connectivity index (χ0n) is 14.6. The number of alkyl halides is 3. The van der Waals surface area contributed by atoms with Crippen molar-refractivity contribution in [3.05, 3.63) is 69.1 Å². The van der Waals surface area contributed by atoms with Crippen molar-refractivity contribution in [2.45, 2.75) is 19.1 Å². The number of fused-ring (bicyclic) bond motifs is 2. The van der Waals surface area contributed by atoms with Crippen LogP contribution in [0.4, 0.5) is 13.2 Å². The summed E-state index contributed by atoms with van der Waals surface area (Å²) in [7, 11) is 0. The van der Waals surface area contributed by atoms with Crippen molar-refractivity contribution in [3.63, 3.8) is 0 Å². The van der Waals surface area contributed by atoms with Crippen molar-refractivity contribution in [1.29, 1.82) is 0 Å². The van der Waals surface area contributed by atoms with Crippen LogP contribution in [0.15, 0.2) is 47.3 Å². The Morgan fingerprint density at radius 1 is 1.14 bits per heavy atom. The number of nitrogens with zero attached hydrogens (tertiary/aromatic N) is 3. The lowest BCUT2D eigenvalue weighted by atomic mass is 10.1. The molecule has 148 valence electrons. The van der Waals surface area contributed by atoms with Gasteiger partial charge in [0.15, 0.2) is 0 Å². The number of halogens is 3. The average molecular weight is 418 g/mol. The van der Waals surface area contributed by atoms with E-state index in [4.69, 9.17) is 0 Å². The average Bonchev–Trinajstić information content (AvgIpc) is 3.06. The van der Waals surface area contributed by atoms with Gasteiger partial charge < -0.3 is 9.90 Å². The van der Waals surface area contributed by atoms with E-state index in [-0.39, 0.29) is 17.8 Å². The molecular weight excluding hydrogens is 407 g/mol. The minimum atomic E-state index is -4.48. The van der Waals surface area contributed by atoms with Gasteiger partial charge >= 0.3 is 6.18 Å². The van der Waals surface area contributed by atoms with Crippen LogP contribution in [0.5, 0.6) is 0 Å². The zero-order valence-corrected chi connectivity index (χ0v) is 15.4. The number of carboxylic acids is 1. The first-order chi connectivity index (χ1) is 13.7. The van der Waals surface area contributed by atoms with Crippen molar-refractivity contribution in [3.8, 4) is 0 Å². The first-order valence-corrected chi connectivity index (χ1v) is 9.19. The Hall–Kier alpha value is -3.27. The molecule has 0 aliphatic heterocycles. The Morgan fingerprint density at radius 2 is 1.86 bits per heavy atom. The minimum absolute atomic E-state index is 0.0928. The highest BCUT2D eigenvalue weighted by molar-refractivity contribution is 7.18. The number of aliphatic carboxylic acids is 1. The van der Waals surface area contributed by atoms with E-state index in [0.29, 0.717) is 20.5 Å². The molecule has 0 fully saturated rings. The largest absolute Gasteiger partial charge is 0.550 e. The number of hydrogen-bond donors (Lipinski definition) is 0. The highest BCUT2D eigenvalue weighted by Gasteiger charge is 2.30. The van der Waals surface area contributed by atoms with Gasteiger partial charge in [0, 0.05) is 17.8 Å². The molecule has 0 aliphatic carbocycles. The molecule has 10 heteroatoms. The molecule has 4 aromatic rings. The molecule has 0 spiro atoms. The molecule has 0 aliphatic rings. The predicted octanol–water partition coefficient (Wildman–Crippen LogP) is 2.37. The summed E-state index contributed by atoms with van der Waals surface area (Å²) in [5.41, 5.74) is -0.915. The number of carbonyl (C=O) groups excluding carboxylic acids is 1. The lowest BCUT2D eigenvalue weighted by Crippen LogP contribution is -2.29. The van der Waals surface area contributed by atoms with Crippen LogP contribution in [-0.2, 0) is 23.9 Å². The number of rotatable bonds is 4. The van der Waals surface area contributed by atoms with Gasteiger partial charge in [-0.15, -0.1) is 11.3 Å². The minimum Gasteiger partial charge on any atom is -0.550 e. The van der Waals surface area contributed by atoms with Gasteiger partial charge in [-0.1, -0.05) is 18.2 Å². The first kappa shape index (κ1) is 19.1. The number of thiazole rings is 1. The van der Waals surface area contributed by atoms with Crippen LogP contribution in [0.3, 0.4) is 0 Å². The molecule has 0 atom stereocenters. The fraction of sp³-hybridized carbons (Fsp3) is 0.158. The highest BCUT2D eigenvalue weighted by Crippen LogP contribution is 2.33. The van der Waals surface area contributed by atoms with Crippen LogP contribution in [0.2, 0.25) is 0 Å². The van der Waals surface area contributed by atoms with Crippen molar-refractivity contribution in [2.24, 2.45) is 0 Å². The molecule has 0 N–H and O–H groups in total. The molecule has 0 unspecified atom stereocenters. The van der Waals surface area contributed by atoms with Crippen molar-refractivity contribution in [1.82, 2.24) is 14.8 Å². The van der Waals surface area contributed by atoms with Gasteiger partial charge in [0.05, 0.1) is 33.4 Å². The summed E-state index contributed by atoms with van der Waals surface area (Å²) in [4.78, 5) is 28.0. The van der Waals surface area contributed by atoms with E-state index in [1.54, 1.807) is 24.3 Å². The zero-order chi connectivity index (χ0) is 20.8. The summed E-state index contributed by atoms with van der Waals surface area (Å²) >= 11 is 1.14. The Bertz CT molecular complexity index is 1310. The standard InChI is InChI=1S/C19H12F3N3O3S/c20-19(21,22)10-5-6-15-14(7-10)23-16(29-15)9-25-18(28)12-4-2-1-3-11(12)13(24-25)8-17(26)27/h1-7H,8-9H2,(H,26,27)/p-1. The summed E-state index contributed by atoms with van der Waals surface area (Å²) < 4.78 is 40.3. The van der Waals surface area contributed by atoms with Gasteiger partial charge in [-0.2, -0.15) is 18.3 Å². The molecule has 2 aromatic heterocycles. The van der Waals surface area contributed by atoms with E-state index in [2.05, 4.69) is 10.1 Å². The van der Waals surface area contributed by atoms with Gasteiger partial charge in [0.2, 0.25) is 0 Å². The maximum atomic E-state index is 12.9. The van der Waals surface area contributed by atoms with E-state index >= 15 is 0 Å². The summed E-state index contributed by atoms with van der Waals surface area (Å²) in [5.74, 6) is -1.34. The van der Waals surface area contributed by atoms with Crippen molar-refractivity contribution >= 4 is 38.3 Å². The number of carboxylic acid groups (broad SMARTS) is 1. The number of carbonyl (C=O) groups is 1. The summed E-state index contributed by atoms with van der Waals surface area (Å²) in [6, 6.07) is 9.73. The Kier molecular flexibility index (Phi) is 4.58. The molecule has 0 saturated heterocycles.